The third-order valence-electron chi connectivity index (χ3n) is 2.75. The summed E-state index contributed by atoms with van der Waals surface area (Å²) in [6.07, 6.45) is 0. The second-order valence-corrected chi connectivity index (χ2v) is 4.22. The molecule has 3 nitrogen and oxygen atoms in total. The maximum atomic E-state index is 11.4. The van der Waals surface area contributed by atoms with Crippen LogP contribution in [0.1, 0.15) is 12.5 Å². The van der Waals surface area contributed by atoms with Crippen molar-refractivity contribution >= 4 is 22.4 Å². The van der Waals surface area contributed by atoms with Gasteiger partial charge in [0.2, 0.25) is 0 Å². The molecule has 2 aromatic carbocycles. The van der Waals surface area contributed by atoms with Gasteiger partial charge in [-0.1, -0.05) is 36.9 Å². The minimum atomic E-state index is -0.379. The lowest BCUT2D eigenvalue weighted by Gasteiger charge is -2.09. The molecule has 0 amide bonds. The first-order chi connectivity index (χ1) is 8.59. The Kier molecular flexibility index (Phi) is 3.33. The van der Waals surface area contributed by atoms with E-state index in [0.29, 0.717) is 5.57 Å². The van der Waals surface area contributed by atoms with E-state index in [4.69, 9.17) is 10.5 Å². The Labute approximate surface area is 106 Å². The molecular formula is C15H15NO2. The van der Waals surface area contributed by atoms with E-state index in [2.05, 4.69) is 6.58 Å². The number of fused-ring (bicyclic) bond motifs is 1. The Morgan fingerprint density at radius 3 is 2.61 bits per heavy atom. The second-order valence-electron chi connectivity index (χ2n) is 4.22. The van der Waals surface area contributed by atoms with E-state index >= 15 is 0 Å². The number of nitrogen functional groups attached to an aromatic ring is 1. The Balaban J connectivity index is 2.32. The molecule has 0 aliphatic carbocycles. The minimum Gasteiger partial charge on any atom is -0.457 e. The van der Waals surface area contributed by atoms with E-state index in [-0.39, 0.29) is 12.6 Å². The number of esters is 1. The normalized spacial score (nSPS) is 10.3. The molecule has 0 heterocycles. The molecule has 0 unspecified atom stereocenters. The Morgan fingerprint density at radius 1 is 1.22 bits per heavy atom. The standard InChI is InChI=1S/C15H15NO2/c1-10(2)15(17)18-9-11-5-3-7-13-12(11)6-4-8-14(13)16/h3-8H,1,9,16H2,2H3. The van der Waals surface area contributed by atoms with Crippen LogP contribution in [0.2, 0.25) is 0 Å². The Morgan fingerprint density at radius 2 is 1.89 bits per heavy atom. The van der Waals surface area contributed by atoms with E-state index in [1.54, 1.807) is 6.92 Å². The van der Waals surface area contributed by atoms with Crippen molar-refractivity contribution in [3.8, 4) is 0 Å². The molecule has 0 spiro atoms. The van der Waals surface area contributed by atoms with Crippen LogP contribution in [0.3, 0.4) is 0 Å². The van der Waals surface area contributed by atoms with Crippen LogP contribution in [0.5, 0.6) is 0 Å². The molecule has 0 aromatic heterocycles. The van der Waals surface area contributed by atoms with Crippen LogP contribution in [0, 0.1) is 0 Å². The maximum absolute atomic E-state index is 11.4. The number of nitrogens with two attached hydrogens (primary N) is 1. The van der Waals surface area contributed by atoms with E-state index in [0.717, 1.165) is 22.0 Å². The van der Waals surface area contributed by atoms with Crippen molar-refractivity contribution in [1.29, 1.82) is 0 Å². The molecule has 0 fully saturated rings. The fourth-order valence-electron chi connectivity index (χ4n) is 1.79. The lowest BCUT2D eigenvalue weighted by atomic mass is 10.0. The smallest absolute Gasteiger partial charge is 0.333 e. The molecule has 92 valence electrons. The molecule has 0 atom stereocenters. The number of rotatable bonds is 3. The number of ether oxygens (including phenoxy) is 1. The molecule has 2 rings (SSSR count). The summed E-state index contributed by atoms with van der Waals surface area (Å²) in [5.74, 6) is -0.379. The van der Waals surface area contributed by atoms with Gasteiger partial charge in [0.05, 0.1) is 0 Å². The van der Waals surface area contributed by atoms with Crippen LogP contribution in [0.15, 0.2) is 48.6 Å². The maximum Gasteiger partial charge on any atom is 0.333 e. The summed E-state index contributed by atoms with van der Waals surface area (Å²) in [6.45, 7) is 5.41. The van der Waals surface area contributed by atoms with E-state index in [1.165, 1.54) is 0 Å². The average molecular weight is 241 g/mol. The zero-order chi connectivity index (χ0) is 13.1. The highest BCUT2D eigenvalue weighted by atomic mass is 16.5. The molecule has 0 saturated heterocycles. The van der Waals surface area contributed by atoms with Crippen LogP contribution >= 0.6 is 0 Å². The van der Waals surface area contributed by atoms with Crippen molar-refractivity contribution in [2.75, 3.05) is 5.73 Å². The third kappa shape index (κ3) is 2.35. The zero-order valence-corrected chi connectivity index (χ0v) is 10.3. The summed E-state index contributed by atoms with van der Waals surface area (Å²) in [5.41, 5.74) is 7.97. The quantitative estimate of drug-likeness (QED) is 0.510. The largest absolute Gasteiger partial charge is 0.457 e. The fourth-order valence-corrected chi connectivity index (χ4v) is 1.79. The van der Waals surface area contributed by atoms with Crippen LogP contribution in [-0.2, 0) is 16.1 Å². The Hall–Kier alpha value is -2.29. The van der Waals surface area contributed by atoms with Gasteiger partial charge >= 0.3 is 5.97 Å². The first-order valence-corrected chi connectivity index (χ1v) is 5.68. The van der Waals surface area contributed by atoms with Gasteiger partial charge in [-0.3, -0.25) is 0 Å². The monoisotopic (exact) mass is 241 g/mol. The number of benzene rings is 2. The van der Waals surface area contributed by atoms with Crippen LogP contribution in [0.4, 0.5) is 5.69 Å². The molecule has 18 heavy (non-hydrogen) atoms. The molecule has 0 aliphatic heterocycles. The highest BCUT2D eigenvalue weighted by Gasteiger charge is 2.07. The summed E-state index contributed by atoms with van der Waals surface area (Å²) in [5, 5.41) is 1.98. The van der Waals surface area contributed by atoms with Gasteiger partial charge in [0.25, 0.3) is 0 Å². The summed E-state index contributed by atoms with van der Waals surface area (Å²) < 4.78 is 5.16. The lowest BCUT2D eigenvalue weighted by molar-refractivity contribution is -0.140. The predicted octanol–water partition coefficient (Wildman–Crippen LogP) is 3.04. The number of carbonyl (C=O) groups excluding carboxylic acids is 1. The van der Waals surface area contributed by atoms with Gasteiger partial charge < -0.3 is 10.5 Å². The molecule has 3 heteroatoms. The van der Waals surface area contributed by atoms with E-state index in [1.807, 2.05) is 36.4 Å². The highest BCUT2D eigenvalue weighted by Crippen LogP contribution is 2.24. The topological polar surface area (TPSA) is 52.3 Å². The minimum absolute atomic E-state index is 0.229. The number of carbonyl (C=O) groups is 1. The highest BCUT2D eigenvalue weighted by molar-refractivity contribution is 5.95. The summed E-state index contributed by atoms with van der Waals surface area (Å²) in [4.78, 5) is 11.4. The average Bonchev–Trinajstić information content (AvgIpc) is 2.36. The van der Waals surface area contributed by atoms with Gasteiger partial charge in [-0.25, -0.2) is 4.79 Å². The van der Waals surface area contributed by atoms with Crippen molar-refractivity contribution in [2.24, 2.45) is 0 Å². The first kappa shape index (κ1) is 12.2. The van der Waals surface area contributed by atoms with Crippen molar-refractivity contribution in [1.82, 2.24) is 0 Å². The van der Waals surface area contributed by atoms with Crippen molar-refractivity contribution in [2.45, 2.75) is 13.5 Å². The van der Waals surface area contributed by atoms with Gasteiger partial charge in [-0.05, 0) is 23.9 Å². The number of hydrogen-bond donors (Lipinski definition) is 1. The molecule has 0 saturated carbocycles. The number of hydrogen-bond acceptors (Lipinski definition) is 3. The SMILES string of the molecule is C=C(C)C(=O)OCc1cccc2c(N)cccc12. The predicted molar refractivity (Wildman–Crippen MR) is 73.0 cm³/mol. The van der Waals surface area contributed by atoms with Gasteiger partial charge in [0, 0.05) is 16.6 Å². The van der Waals surface area contributed by atoms with Crippen LogP contribution < -0.4 is 5.73 Å². The lowest BCUT2D eigenvalue weighted by Crippen LogP contribution is -2.05. The summed E-state index contributed by atoms with van der Waals surface area (Å²) in [6, 6.07) is 11.5. The van der Waals surface area contributed by atoms with E-state index < -0.39 is 0 Å². The van der Waals surface area contributed by atoms with Gasteiger partial charge in [-0.15, -0.1) is 0 Å². The van der Waals surface area contributed by atoms with Gasteiger partial charge in [0.15, 0.2) is 0 Å². The van der Waals surface area contributed by atoms with Gasteiger partial charge in [0.1, 0.15) is 6.61 Å². The fraction of sp³-hybridized carbons (Fsp3) is 0.133. The van der Waals surface area contributed by atoms with Crippen LogP contribution in [0.25, 0.3) is 10.8 Å². The molecule has 0 bridgehead atoms. The third-order valence-corrected chi connectivity index (χ3v) is 2.75. The number of anilines is 1. The first-order valence-electron chi connectivity index (χ1n) is 5.68. The molecule has 2 N–H and O–H groups in total. The molecule has 0 aliphatic rings. The van der Waals surface area contributed by atoms with Crippen molar-refractivity contribution in [3.05, 3.63) is 54.1 Å². The second kappa shape index (κ2) is 4.92. The van der Waals surface area contributed by atoms with E-state index in [9.17, 15) is 4.79 Å². The summed E-state index contributed by atoms with van der Waals surface area (Å²) in [7, 11) is 0. The molecule has 0 radical (unpaired) electrons. The molecular weight excluding hydrogens is 226 g/mol. The Bertz CT molecular complexity index is 617. The van der Waals surface area contributed by atoms with Crippen molar-refractivity contribution < 1.29 is 9.53 Å². The van der Waals surface area contributed by atoms with Crippen LogP contribution in [-0.4, -0.2) is 5.97 Å². The van der Waals surface area contributed by atoms with Gasteiger partial charge in [-0.2, -0.15) is 0 Å². The summed E-state index contributed by atoms with van der Waals surface area (Å²) >= 11 is 0. The van der Waals surface area contributed by atoms with Crippen molar-refractivity contribution in [3.63, 3.8) is 0 Å². The molecule has 2 aromatic rings. The zero-order valence-electron chi connectivity index (χ0n) is 10.3.